The van der Waals surface area contributed by atoms with Crippen LogP contribution in [0.3, 0.4) is 0 Å². The van der Waals surface area contributed by atoms with Gasteiger partial charge >= 0.3 is 5.97 Å². The van der Waals surface area contributed by atoms with Gasteiger partial charge in [-0.2, -0.15) is 0 Å². The molecule has 0 spiro atoms. The number of ether oxygens (including phenoxy) is 1. The molecule has 1 aromatic rings. The molecule has 0 unspecified atom stereocenters. The van der Waals surface area contributed by atoms with Crippen molar-refractivity contribution in [2.24, 2.45) is 5.92 Å². The summed E-state index contributed by atoms with van der Waals surface area (Å²) in [6, 6.07) is 5.99. The summed E-state index contributed by atoms with van der Waals surface area (Å²) in [6.45, 7) is 1.79. The normalized spacial score (nSPS) is 19.2. The Hall–Kier alpha value is -2.09. The number of nitrogens with one attached hydrogen (secondary N) is 2. The first-order chi connectivity index (χ1) is 13.0. The highest BCUT2D eigenvalue weighted by atomic mass is 32.2. The second-order valence-corrected chi connectivity index (χ2v) is 7.60. The van der Waals surface area contributed by atoms with E-state index in [0.29, 0.717) is 5.92 Å². The summed E-state index contributed by atoms with van der Waals surface area (Å²) in [7, 11) is 0. The third-order valence-corrected chi connectivity index (χ3v) is 5.33. The zero-order valence-electron chi connectivity index (χ0n) is 15.3. The Morgan fingerprint density at radius 2 is 1.89 bits per heavy atom. The fraction of sp³-hybridized carbons (Fsp3) is 0.526. The van der Waals surface area contributed by atoms with Gasteiger partial charge in [0.1, 0.15) is 5.82 Å². The molecule has 1 fully saturated rings. The van der Waals surface area contributed by atoms with E-state index in [-0.39, 0.29) is 35.7 Å². The molecule has 8 heteroatoms. The Kier molecular flexibility index (Phi) is 8.57. The lowest BCUT2D eigenvalue weighted by Crippen LogP contribution is -2.43. The first-order valence-electron chi connectivity index (χ1n) is 9.03. The number of hydrogen-bond acceptors (Lipinski definition) is 5. The van der Waals surface area contributed by atoms with Gasteiger partial charge in [-0.3, -0.25) is 14.4 Å². The molecule has 2 rings (SSSR count). The molecule has 0 saturated heterocycles. The van der Waals surface area contributed by atoms with Gasteiger partial charge in [0.25, 0.3) is 5.91 Å². The molecule has 1 aromatic carbocycles. The SMILES string of the molecule is C[C@@H]1CCCC[C@H]1NC(=O)COC(=O)CSCC(=O)Nc1ccccc1F. The van der Waals surface area contributed by atoms with Crippen molar-refractivity contribution < 1.29 is 23.5 Å². The third-order valence-electron chi connectivity index (χ3n) is 4.42. The van der Waals surface area contributed by atoms with Crippen molar-refractivity contribution in [3.63, 3.8) is 0 Å². The van der Waals surface area contributed by atoms with Crippen molar-refractivity contribution in [1.82, 2.24) is 5.32 Å². The minimum atomic E-state index is -0.564. The largest absolute Gasteiger partial charge is 0.455 e. The number of carbonyl (C=O) groups excluding carboxylic acids is 3. The number of anilines is 1. The summed E-state index contributed by atoms with van der Waals surface area (Å²) in [5.41, 5.74) is 0.0966. The summed E-state index contributed by atoms with van der Waals surface area (Å²) in [4.78, 5) is 35.3. The zero-order chi connectivity index (χ0) is 19.6. The van der Waals surface area contributed by atoms with E-state index in [9.17, 15) is 18.8 Å². The molecular formula is C19H25FN2O4S. The quantitative estimate of drug-likeness (QED) is 0.660. The lowest BCUT2D eigenvalue weighted by atomic mass is 9.86. The Balaban J connectivity index is 1.59. The molecule has 0 aliphatic heterocycles. The number of rotatable bonds is 8. The Morgan fingerprint density at radius 1 is 1.15 bits per heavy atom. The molecule has 2 N–H and O–H groups in total. The molecule has 27 heavy (non-hydrogen) atoms. The summed E-state index contributed by atoms with van der Waals surface area (Å²) in [5, 5.41) is 5.34. The number of esters is 1. The highest BCUT2D eigenvalue weighted by molar-refractivity contribution is 8.00. The highest BCUT2D eigenvalue weighted by Crippen LogP contribution is 2.23. The average molecular weight is 396 g/mol. The first kappa shape index (κ1) is 21.2. The molecule has 2 amide bonds. The molecular weight excluding hydrogens is 371 g/mol. The fourth-order valence-corrected chi connectivity index (χ4v) is 3.55. The van der Waals surface area contributed by atoms with Crippen LogP contribution in [0.15, 0.2) is 24.3 Å². The van der Waals surface area contributed by atoms with Gasteiger partial charge in [-0.05, 0) is 30.9 Å². The predicted molar refractivity (Wildman–Crippen MR) is 103 cm³/mol. The second-order valence-electron chi connectivity index (χ2n) is 6.62. The predicted octanol–water partition coefficient (Wildman–Crippen LogP) is 2.74. The average Bonchev–Trinajstić information content (AvgIpc) is 2.64. The van der Waals surface area contributed by atoms with Crippen LogP contribution in [-0.2, 0) is 19.1 Å². The van der Waals surface area contributed by atoms with Crippen molar-refractivity contribution in [3.05, 3.63) is 30.1 Å². The Labute approximate surface area is 162 Å². The molecule has 0 heterocycles. The maximum Gasteiger partial charge on any atom is 0.316 e. The smallest absolute Gasteiger partial charge is 0.316 e. The maximum absolute atomic E-state index is 13.4. The summed E-state index contributed by atoms with van der Waals surface area (Å²) >= 11 is 1.04. The maximum atomic E-state index is 13.4. The van der Waals surface area contributed by atoms with E-state index in [1.165, 1.54) is 24.6 Å². The van der Waals surface area contributed by atoms with Gasteiger partial charge in [0.05, 0.1) is 17.2 Å². The zero-order valence-corrected chi connectivity index (χ0v) is 16.1. The van der Waals surface area contributed by atoms with Crippen LogP contribution in [0.4, 0.5) is 10.1 Å². The van der Waals surface area contributed by atoms with Crippen molar-refractivity contribution in [2.75, 3.05) is 23.4 Å². The number of amides is 2. The van der Waals surface area contributed by atoms with Crippen LogP contribution >= 0.6 is 11.8 Å². The first-order valence-corrected chi connectivity index (χ1v) is 10.2. The van der Waals surface area contributed by atoms with Crippen molar-refractivity contribution >= 4 is 35.2 Å². The van der Waals surface area contributed by atoms with Crippen molar-refractivity contribution in [1.29, 1.82) is 0 Å². The monoisotopic (exact) mass is 396 g/mol. The molecule has 1 aliphatic rings. The molecule has 0 radical (unpaired) electrons. The van der Waals surface area contributed by atoms with Gasteiger partial charge in [0.15, 0.2) is 6.61 Å². The number of benzene rings is 1. The van der Waals surface area contributed by atoms with Gasteiger partial charge in [-0.15, -0.1) is 11.8 Å². The second kappa shape index (κ2) is 10.9. The molecule has 1 saturated carbocycles. The van der Waals surface area contributed by atoms with Gasteiger partial charge < -0.3 is 15.4 Å². The van der Waals surface area contributed by atoms with E-state index in [1.807, 2.05) is 0 Å². The number of para-hydroxylation sites is 1. The molecule has 2 atom stereocenters. The minimum Gasteiger partial charge on any atom is -0.455 e. The highest BCUT2D eigenvalue weighted by Gasteiger charge is 2.23. The van der Waals surface area contributed by atoms with Gasteiger partial charge in [-0.25, -0.2) is 4.39 Å². The van der Waals surface area contributed by atoms with Crippen LogP contribution in [0.1, 0.15) is 32.6 Å². The lowest BCUT2D eigenvalue weighted by molar-refractivity contribution is -0.146. The number of halogens is 1. The molecule has 6 nitrogen and oxygen atoms in total. The Morgan fingerprint density at radius 3 is 2.63 bits per heavy atom. The van der Waals surface area contributed by atoms with Crippen LogP contribution in [0, 0.1) is 11.7 Å². The summed E-state index contributed by atoms with van der Waals surface area (Å²) < 4.78 is 18.4. The van der Waals surface area contributed by atoms with Gasteiger partial charge in [-0.1, -0.05) is 31.9 Å². The molecule has 148 valence electrons. The van der Waals surface area contributed by atoms with Crippen LogP contribution in [0.5, 0.6) is 0 Å². The molecule has 0 aromatic heterocycles. The Bertz CT molecular complexity index is 671. The van der Waals surface area contributed by atoms with Crippen molar-refractivity contribution in [2.45, 2.75) is 38.6 Å². The minimum absolute atomic E-state index is 0.0186. The number of carbonyl (C=O) groups is 3. The van der Waals surface area contributed by atoms with E-state index >= 15 is 0 Å². The van der Waals surface area contributed by atoms with Gasteiger partial charge in [0, 0.05) is 6.04 Å². The third kappa shape index (κ3) is 7.58. The van der Waals surface area contributed by atoms with E-state index in [0.717, 1.165) is 31.0 Å². The van der Waals surface area contributed by atoms with E-state index in [4.69, 9.17) is 4.74 Å². The van der Waals surface area contributed by atoms with E-state index in [2.05, 4.69) is 17.6 Å². The summed E-state index contributed by atoms with van der Waals surface area (Å²) in [5.74, 6) is -1.44. The molecule has 0 bridgehead atoms. The van der Waals surface area contributed by atoms with E-state index in [1.54, 1.807) is 6.07 Å². The van der Waals surface area contributed by atoms with Gasteiger partial charge in [0.2, 0.25) is 5.91 Å². The lowest BCUT2D eigenvalue weighted by Gasteiger charge is -2.29. The summed E-state index contributed by atoms with van der Waals surface area (Å²) in [6.07, 6.45) is 4.33. The van der Waals surface area contributed by atoms with Crippen LogP contribution in [-0.4, -0.2) is 41.9 Å². The number of hydrogen-bond donors (Lipinski definition) is 2. The fourth-order valence-electron chi connectivity index (χ4n) is 2.94. The van der Waals surface area contributed by atoms with Crippen molar-refractivity contribution in [3.8, 4) is 0 Å². The van der Waals surface area contributed by atoms with E-state index < -0.39 is 17.7 Å². The molecule has 1 aliphatic carbocycles. The topological polar surface area (TPSA) is 84.5 Å². The standard InChI is InChI=1S/C19H25FN2O4S/c1-13-6-2-4-8-15(13)21-17(23)10-26-19(25)12-27-11-18(24)22-16-9-5-3-7-14(16)20/h3,5,7,9,13,15H,2,4,6,8,10-12H2,1H3,(H,21,23)(H,22,24)/t13-,15-/m1/s1. The van der Waals surface area contributed by atoms with Crippen LogP contribution in [0.2, 0.25) is 0 Å². The number of thioether (sulfide) groups is 1. The van der Waals surface area contributed by atoms with Crippen LogP contribution < -0.4 is 10.6 Å². The van der Waals surface area contributed by atoms with Crippen LogP contribution in [0.25, 0.3) is 0 Å².